The Hall–Kier alpha value is -1.85. The second kappa shape index (κ2) is 6.74. The van der Waals surface area contributed by atoms with Gasteiger partial charge in [-0.25, -0.2) is 0 Å². The number of nitrogens with zero attached hydrogens (tertiary/aromatic N) is 2. The molecule has 21 heavy (non-hydrogen) atoms. The molecule has 1 aromatic heterocycles. The maximum atomic E-state index is 12.5. The third-order valence-electron chi connectivity index (χ3n) is 3.15. The minimum Gasteiger partial charge on any atom is -0.465 e. The zero-order chi connectivity index (χ0) is 16.2. The van der Waals surface area contributed by atoms with Crippen molar-refractivity contribution in [1.82, 2.24) is 9.78 Å². The summed E-state index contributed by atoms with van der Waals surface area (Å²) < 4.78 is 6.67. The Bertz CT molecular complexity index is 515. The van der Waals surface area contributed by atoms with Crippen molar-refractivity contribution in [3.8, 4) is 0 Å². The van der Waals surface area contributed by atoms with Crippen LogP contribution in [0, 0.1) is 11.3 Å². The Morgan fingerprint density at radius 2 is 2.00 bits per heavy atom. The quantitative estimate of drug-likeness (QED) is 0.667. The second-order valence-corrected chi connectivity index (χ2v) is 6.06. The van der Waals surface area contributed by atoms with Gasteiger partial charge >= 0.3 is 5.97 Å². The number of aryl methyl sites for hydroxylation is 2. The van der Waals surface area contributed by atoms with Crippen LogP contribution in [-0.2, 0) is 27.8 Å². The van der Waals surface area contributed by atoms with Crippen LogP contribution in [0.1, 0.15) is 40.3 Å². The maximum absolute atomic E-state index is 12.5. The number of nitrogens with one attached hydrogen (secondary N) is 1. The monoisotopic (exact) mass is 295 g/mol. The van der Waals surface area contributed by atoms with Gasteiger partial charge in [0.25, 0.3) is 0 Å². The first-order chi connectivity index (χ1) is 9.70. The SMILES string of the molecule is CCOC(=O)C(C(=O)Nc1cn(C)nc1CC)C(C)(C)C. The van der Waals surface area contributed by atoms with E-state index < -0.39 is 17.3 Å². The summed E-state index contributed by atoms with van der Waals surface area (Å²) in [4.78, 5) is 24.6. The van der Waals surface area contributed by atoms with Crippen LogP contribution in [-0.4, -0.2) is 28.3 Å². The predicted molar refractivity (Wildman–Crippen MR) is 80.8 cm³/mol. The highest BCUT2D eigenvalue weighted by atomic mass is 16.5. The maximum Gasteiger partial charge on any atom is 0.319 e. The van der Waals surface area contributed by atoms with Gasteiger partial charge in [-0.1, -0.05) is 27.7 Å². The molecular weight excluding hydrogens is 270 g/mol. The highest BCUT2D eigenvalue weighted by molar-refractivity contribution is 6.05. The lowest BCUT2D eigenvalue weighted by Crippen LogP contribution is -2.40. The lowest BCUT2D eigenvalue weighted by atomic mass is 9.80. The summed E-state index contributed by atoms with van der Waals surface area (Å²) in [6.45, 7) is 9.48. The molecule has 1 amide bonds. The standard InChI is InChI=1S/C15H25N3O3/c1-7-10-11(9-18(6)17-10)16-13(19)12(15(3,4)5)14(20)21-8-2/h9,12H,7-8H2,1-6H3,(H,16,19). The molecular formula is C15H25N3O3. The van der Waals surface area contributed by atoms with E-state index in [4.69, 9.17) is 4.74 Å². The molecule has 1 rings (SSSR count). The van der Waals surface area contributed by atoms with E-state index in [1.807, 2.05) is 27.7 Å². The Balaban J connectivity index is 2.98. The molecule has 6 heteroatoms. The van der Waals surface area contributed by atoms with Crippen LogP contribution in [0.5, 0.6) is 0 Å². The van der Waals surface area contributed by atoms with Gasteiger partial charge in [-0.2, -0.15) is 5.10 Å². The highest BCUT2D eigenvalue weighted by Crippen LogP contribution is 2.29. The van der Waals surface area contributed by atoms with Crippen molar-refractivity contribution in [1.29, 1.82) is 0 Å². The predicted octanol–water partition coefficient (Wildman–Crippen LogP) is 2.15. The molecule has 6 nitrogen and oxygen atoms in total. The molecule has 0 aliphatic carbocycles. The van der Waals surface area contributed by atoms with Crippen molar-refractivity contribution in [2.45, 2.75) is 41.0 Å². The van der Waals surface area contributed by atoms with E-state index in [0.717, 1.165) is 5.69 Å². The van der Waals surface area contributed by atoms with E-state index in [-0.39, 0.29) is 12.5 Å². The Morgan fingerprint density at radius 1 is 1.38 bits per heavy atom. The molecule has 0 bridgehead atoms. The third-order valence-corrected chi connectivity index (χ3v) is 3.15. The van der Waals surface area contributed by atoms with Gasteiger partial charge in [0.2, 0.25) is 5.91 Å². The molecule has 1 N–H and O–H groups in total. The smallest absolute Gasteiger partial charge is 0.319 e. The number of hydrogen-bond donors (Lipinski definition) is 1. The molecule has 1 unspecified atom stereocenters. The molecule has 0 aromatic carbocycles. The van der Waals surface area contributed by atoms with Crippen LogP contribution in [0.2, 0.25) is 0 Å². The lowest BCUT2D eigenvalue weighted by molar-refractivity contribution is -0.155. The number of aromatic nitrogens is 2. The number of rotatable bonds is 5. The molecule has 0 saturated heterocycles. The summed E-state index contributed by atoms with van der Waals surface area (Å²) in [6, 6.07) is 0. The summed E-state index contributed by atoms with van der Waals surface area (Å²) in [7, 11) is 1.79. The largest absolute Gasteiger partial charge is 0.465 e. The fourth-order valence-electron chi connectivity index (χ4n) is 2.18. The Labute approximate surface area is 125 Å². The number of carbonyl (C=O) groups is 2. The number of hydrogen-bond acceptors (Lipinski definition) is 4. The number of carbonyl (C=O) groups excluding carboxylic acids is 2. The molecule has 118 valence electrons. The van der Waals surface area contributed by atoms with Crippen LogP contribution in [0.15, 0.2) is 6.20 Å². The van der Waals surface area contributed by atoms with Crippen LogP contribution in [0.25, 0.3) is 0 Å². The highest BCUT2D eigenvalue weighted by Gasteiger charge is 2.39. The van der Waals surface area contributed by atoms with Crippen LogP contribution >= 0.6 is 0 Å². The summed E-state index contributed by atoms with van der Waals surface area (Å²) in [5.74, 6) is -1.71. The van der Waals surface area contributed by atoms with Gasteiger partial charge in [0, 0.05) is 13.2 Å². The minimum absolute atomic E-state index is 0.256. The Kier molecular flexibility index (Phi) is 5.52. The first kappa shape index (κ1) is 17.2. The number of esters is 1. The lowest BCUT2D eigenvalue weighted by Gasteiger charge is -2.27. The van der Waals surface area contributed by atoms with E-state index in [0.29, 0.717) is 12.1 Å². The molecule has 0 aliphatic rings. The number of amides is 1. The van der Waals surface area contributed by atoms with Gasteiger partial charge in [0.15, 0.2) is 0 Å². The van der Waals surface area contributed by atoms with Crippen LogP contribution < -0.4 is 5.32 Å². The van der Waals surface area contributed by atoms with Gasteiger partial charge < -0.3 is 10.1 Å². The van der Waals surface area contributed by atoms with E-state index in [1.165, 1.54) is 0 Å². The normalized spacial score (nSPS) is 12.9. The molecule has 0 fully saturated rings. The van der Waals surface area contributed by atoms with Crippen LogP contribution in [0.4, 0.5) is 5.69 Å². The average Bonchev–Trinajstić information content (AvgIpc) is 2.67. The number of ether oxygens (including phenoxy) is 1. The van der Waals surface area contributed by atoms with Crippen molar-refractivity contribution in [3.05, 3.63) is 11.9 Å². The molecule has 0 spiro atoms. The van der Waals surface area contributed by atoms with Crippen molar-refractivity contribution in [2.24, 2.45) is 18.4 Å². The van der Waals surface area contributed by atoms with Crippen molar-refractivity contribution in [3.63, 3.8) is 0 Å². The topological polar surface area (TPSA) is 73.2 Å². The first-order valence-electron chi connectivity index (χ1n) is 7.20. The third kappa shape index (κ3) is 4.31. The first-order valence-corrected chi connectivity index (χ1v) is 7.20. The van der Waals surface area contributed by atoms with Crippen molar-refractivity contribution < 1.29 is 14.3 Å². The summed E-state index contributed by atoms with van der Waals surface area (Å²) in [6.07, 6.45) is 2.44. The molecule has 0 aliphatic heterocycles. The fraction of sp³-hybridized carbons (Fsp3) is 0.667. The molecule has 0 radical (unpaired) electrons. The zero-order valence-electron chi connectivity index (χ0n) is 13.7. The summed E-state index contributed by atoms with van der Waals surface area (Å²) in [5, 5.41) is 7.08. The van der Waals surface area contributed by atoms with E-state index in [1.54, 1.807) is 24.9 Å². The van der Waals surface area contributed by atoms with Gasteiger partial charge in [0.05, 0.1) is 18.0 Å². The summed E-state index contributed by atoms with van der Waals surface area (Å²) >= 11 is 0. The van der Waals surface area contributed by atoms with E-state index in [2.05, 4.69) is 10.4 Å². The van der Waals surface area contributed by atoms with Gasteiger partial charge in [-0.05, 0) is 18.8 Å². The summed E-state index contributed by atoms with van der Waals surface area (Å²) in [5.41, 5.74) is 0.913. The van der Waals surface area contributed by atoms with E-state index in [9.17, 15) is 9.59 Å². The van der Waals surface area contributed by atoms with Gasteiger partial charge in [-0.3, -0.25) is 14.3 Å². The minimum atomic E-state index is -0.859. The van der Waals surface area contributed by atoms with Crippen molar-refractivity contribution in [2.75, 3.05) is 11.9 Å². The molecule has 1 heterocycles. The van der Waals surface area contributed by atoms with Gasteiger partial charge in [-0.15, -0.1) is 0 Å². The fourth-order valence-corrected chi connectivity index (χ4v) is 2.18. The Morgan fingerprint density at radius 3 is 2.48 bits per heavy atom. The van der Waals surface area contributed by atoms with Crippen LogP contribution in [0.3, 0.4) is 0 Å². The molecule has 1 aromatic rings. The average molecular weight is 295 g/mol. The molecule has 0 saturated carbocycles. The number of anilines is 1. The second-order valence-electron chi connectivity index (χ2n) is 6.06. The van der Waals surface area contributed by atoms with Gasteiger partial charge in [0.1, 0.15) is 5.92 Å². The van der Waals surface area contributed by atoms with Crippen molar-refractivity contribution >= 4 is 17.6 Å². The molecule has 1 atom stereocenters. The zero-order valence-corrected chi connectivity index (χ0v) is 13.7. The van der Waals surface area contributed by atoms with E-state index >= 15 is 0 Å².